The van der Waals surface area contributed by atoms with E-state index in [1.807, 2.05) is 13.0 Å². The molecule has 3 unspecified atom stereocenters. The number of carbonyl (C=O) groups is 2. The number of nitrogens with zero attached hydrogens (tertiary/aromatic N) is 5. The smallest absolute Gasteiger partial charge is 0.290 e. The summed E-state index contributed by atoms with van der Waals surface area (Å²) >= 11 is 1.35. The fourth-order valence-corrected chi connectivity index (χ4v) is 4.37. The van der Waals surface area contributed by atoms with Gasteiger partial charge in [0.2, 0.25) is 0 Å². The molecule has 4 aromatic rings. The molecule has 0 bridgehead atoms. The molecule has 3 N–H and O–H groups in total. The molecule has 0 radical (unpaired) electrons. The molecule has 3 atom stereocenters. The van der Waals surface area contributed by atoms with Gasteiger partial charge in [-0.15, -0.1) is 11.3 Å². The molecule has 13 heteroatoms. The van der Waals surface area contributed by atoms with E-state index in [2.05, 4.69) is 30.6 Å². The van der Waals surface area contributed by atoms with Crippen molar-refractivity contribution in [3.63, 3.8) is 0 Å². The Labute approximate surface area is 203 Å². The third-order valence-corrected chi connectivity index (χ3v) is 6.18. The number of amides is 1. The highest BCUT2D eigenvalue weighted by Crippen LogP contribution is 2.39. The minimum atomic E-state index is -1.16. The standard InChI is InChI=1S/C21H20FN7O2S.CH2O2/c1-2-31-17-7-16(18(17)22)29-10-14(19(28-29)13-5-3-4-6-23-13)26-20(30)15-11-32-21(27-15)12-8-24-25-9-12;2-1-3/h3-6,8-11,16-18H,2,7H2,1H3,(H,24,25)(H,26,30);1H,(H,2,3). The minimum absolute atomic E-state index is 0.250. The van der Waals surface area contributed by atoms with Crippen LogP contribution in [0.25, 0.3) is 22.0 Å². The maximum Gasteiger partial charge on any atom is 0.290 e. The quantitative estimate of drug-likeness (QED) is 0.328. The lowest BCUT2D eigenvalue weighted by atomic mass is 9.87. The summed E-state index contributed by atoms with van der Waals surface area (Å²) in [6.45, 7) is 2.06. The van der Waals surface area contributed by atoms with Crippen LogP contribution >= 0.6 is 11.3 Å². The molecule has 0 spiro atoms. The number of halogens is 1. The molecule has 11 nitrogen and oxygen atoms in total. The van der Waals surface area contributed by atoms with E-state index in [4.69, 9.17) is 14.6 Å². The predicted octanol–water partition coefficient (Wildman–Crippen LogP) is 3.43. The van der Waals surface area contributed by atoms with Crippen LogP contribution in [0, 0.1) is 0 Å². The summed E-state index contributed by atoms with van der Waals surface area (Å²) in [7, 11) is 0. The highest BCUT2D eigenvalue weighted by molar-refractivity contribution is 7.13. The van der Waals surface area contributed by atoms with Crippen molar-refractivity contribution in [1.29, 1.82) is 0 Å². The van der Waals surface area contributed by atoms with Crippen LogP contribution in [0.4, 0.5) is 10.1 Å². The number of ether oxygens (including phenoxy) is 1. The third kappa shape index (κ3) is 5.25. The second kappa shape index (κ2) is 11.0. The van der Waals surface area contributed by atoms with Gasteiger partial charge in [-0.3, -0.25) is 24.4 Å². The molecule has 1 aliphatic carbocycles. The van der Waals surface area contributed by atoms with Crippen molar-refractivity contribution in [3.8, 4) is 22.0 Å². The van der Waals surface area contributed by atoms with Gasteiger partial charge in [-0.25, -0.2) is 9.37 Å². The van der Waals surface area contributed by atoms with Crippen LogP contribution in [0.3, 0.4) is 0 Å². The lowest BCUT2D eigenvalue weighted by molar-refractivity contribution is -0.122. The number of pyridine rings is 1. The average Bonchev–Trinajstić information content (AvgIpc) is 3.63. The van der Waals surface area contributed by atoms with Gasteiger partial charge in [-0.2, -0.15) is 10.2 Å². The summed E-state index contributed by atoms with van der Waals surface area (Å²) < 4.78 is 21.6. The van der Waals surface area contributed by atoms with Crippen LogP contribution in [-0.4, -0.2) is 66.3 Å². The first-order valence-corrected chi connectivity index (χ1v) is 11.5. The SMILES string of the molecule is CCOC1CC(n2cc(NC(=O)c3csc(-c4cn[nH]c4)n3)c(-c3ccccn3)n2)C1F.O=CO. The van der Waals surface area contributed by atoms with E-state index in [-0.39, 0.29) is 18.1 Å². The van der Waals surface area contributed by atoms with Crippen LogP contribution in [0.2, 0.25) is 0 Å². The Hall–Kier alpha value is -3.97. The molecule has 0 aromatic carbocycles. The van der Waals surface area contributed by atoms with E-state index in [0.717, 1.165) is 5.56 Å². The van der Waals surface area contributed by atoms with Crippen LogP contribution in [0.1, 0.15) is 29.9 Å². The van der Waals surface area contributed by atoms with Crippen molar-refractivity contribution in [2.45, 2.75) is 31.7 Å². The Balaban J connectivity index is 0.000000917. The Kier molecular flexibility index (Phi) is 7.57. The minimum Gasteiger partial charge on any atom is -0.483 e. The fraction of sp³-hybridized carbons (Fsp3) is 0.273. The van der Waals surface area contributed by atoms with Crippen LogP contribution < -0.4 is 5.32 Å². The third-order valence-electron chi connectivity index (χ3n) is 5.29. The number of carbonyl (C=O) groups excluding carboxylic acids is 1. The number of hydrogen-bond acceptors (Lipinski definition) is 8. The number of H-pyrrole nitrogens is 1. The summed E-state index contributed by atoms with van der Waals surface area (Å²) in [6.07, 6.45) is 5.57. The molecule has 0 aliphatic heterocycles. The van der Waals surface area contributed by atoms with E-state index < -0.39 is 18.3 Å². The molecular formula is C22H22FN7O4S. The van der Waals surface area contributed by atoms with Crippen molar-refractivity contribution >= 4 is 29.4 Å². The molecule has 1 saturated carbocycles. The van der Waals surface area contributed by atoms with E-state index in [9.17, 15) is 9.18 Å². The lowest BCUT2D eigenvalue weighted by Crippen LogP contribution is -2.46. The molecule has 5 rings (SSSR count). The Morgan fingerprint density at radius 3 is 2.94 bits per heavy atom. The highest BCUT2D eigenvalue weighted by atomic mass is 32.1. The van der Waals surface area contributed by atoms with Crippen LogP contribution in [0.5, 0.6) is 0 Å². The zero-order valence-corrected chi connectivity index (χ0v) is 19.4. The number of anilines is 1. The average molecular weight is 500 g/mol. The number of thiazole rings is 1. The monoisotopic (exact) mass is 499 g/mol. The molecule has 1 fully saturated rings. The Bertz CT molecular complexity index is 1260. The number of alkyl halides is 1. The predicted molar refractivity (Wildman–Crippen MR) is 126 cm³/mol. The van der Waals surface area contributed by atoms with Gasteiger partial charge in [-0.05, 0) is 19.1 Å². The molecular weight excluding hydrogens is 477 g/mol. The summed E-state index contributed by atoms with van der Waals surface area (Å²) in [5.41, 5.74) is 2.57. The summed E-state index contributed by atoms with van der Waals surface area (Å²) in [6, 6.07) is 4.96. The number of aromatic nitrogens is 6. The first-order chi connectivity index (χ1) is 17.0. The molecule has 4 heterocycles. The number of rotatable bonds is 7. The molecule has 35 heavy (non-hydrogen) atoms. The van der Waals surface area contributed by atoms with Crippen molar-refractivity contribution in [3.05, 3.63) is 54.1 Å². The van der Waals surface area contributed by atoms with Gasteiger partial charge in [0.1, 0.15) is 22.6 Å². The summed E-state index contributed by atoms with van der Waals surface area (Å²) in [5.74, 6) is -0.384. The number of aromatic amines is 1. The van der Waals surface area contributed by atoms with Gasteiger partial charge < -0.3 is 15.2 Å². The Morgan fingerprint density at radius 2 is 2.29 bits per heavy atom. The first-order valence-electron chi connectivity index (χ1n) is 10.7. The van der Waals surface area contributed by atoms with Gasteiger partial charge >= 0.3 is 0 Å². The molecule has 1 aliphatic rings. The van der Waals surface area contributed by atoms with Crippen molar-refractivity contribution in [1.82, 2.24) is 29.9 Å². The first kappa shape index (κ1) is 24.2. The maximum absolute atomic E-state index is 14.6. The highest BCUT2D eigenvalue weighted by Gasteiger charge is 2.44. The normalized spacial score (nSPS) is 18.7. The second-order valence-corrected chi connectivity index (χ2v) is 8.27. The largest absolute Gasteiger partial charge is 0.483 e. The zero-order valence-electron chi connectivity index (χ0n) is 18.5. The summed E-state index contributed by atoms with van der Waals surface area (Å²) in [5, 5.41) is 23.3. The number of carboxylic acid groups (broad SMARTS) is 1. The lowest BCUT2D eigenvalue weighted by Gasteiger charge is -2.38. The van der Waals surface area contributed by atoms with Gasteiger partial charge in [0, 0.05) is 42.6 Å². The topological polar surface area (TPSA) is 148 Å². The van der Waals surface area contributed by atoms with Crippen LogP contribution in [0.15, 0.2) is 48.4 Å². The van der Waals surface area contributed by atoms with Crippen molar-refractivity contribution < 1.29 is 23.8 Å². The van der Waals surface area contributed by atoms with Gasteiger partial charge in [-0.1, -0.05) is 6.07 Å². The maximum atomic E-state index is 14.6. The molecule has 182 valence electrons. The van der Waals surface area contributed by atoms with Crippen LogP contribution in [-0.2, 0) is 9.53 Å². The fourth-order valence-electron chi connectivity index (χ4n) is 3.59. The molecule has 4 aromatic heterocycles. The van der Waals surface area contributed by atoms with Gasteiger partial charge in [0.15, 0.2) is 0 Å². The van der Waals surface area contributed by atoms with E-state index in [1.54, 1.807) is 47.0 Å². The number of nitrogens with one attached hydrogen (secondary N) is 2. The van der Waals surface area contributed by atoms with Gasteiger partial charge in [0.05, 0.1) is 29.7 Å². The van der Waals surface area contributed by atoms with E-state index >= 15 is 0 Å². The second-order valence-electron chi connectivity index (χ2n) is 7.41. The van der Waals surface area contributed by atoms with Gasteiger partial charge in [0.25, 0.3) is 12.4 Å². The van der Waals surface area contributed by atoms with E-state index in [1.165, 1.54) is 11.3 Å². The van der Waals surface area contributed by atoms with Crippen molar-refractivity contribution in [2.75, 3.05) is 11.9 Å². The zero-order chi connectivity index (χ0) is 24.8. The Morgan fingerprint density at radius 1 is 1.46 bits per heavy atom. The molecule has 1 amide bonds. The summed E-state index contributed by atoms with van der Waals surface area (Å²) in [4.78, 5) is 30.0. The van der Waals surface area contributed by atoms with E-state index in [0.29, 0.717) is 35.1 Å². The molecule has 0 saturated heterocycles. The number of hydrogen-bond donors (Lipinski definition) is 3. The van der Waals surface area contributed by atoms with Crippen molar-refractivity contribution in [2.24, 2.45) is 0 Å².